The molecule has 0 fully saturated rings. The lowest BCUT2D eigenvalue weighted by atomic mass is 10.0. The molecule has 0 aliphatic carbocycles. The number of rotatable bonds is 5. The number of hydrogen-bond donors (Lipinski definition) is 1. The predicted octanol–water partition coefficient (Wildman–Crippen LogP) is 3.82. The number of hydrogen-bond acceptors (Lipinski definition) is 3. The van der Waals surface area contributed by atoms with Crippen molar-refractivity contribution in [2.45, 2.75) is 44.9 Å². The summed E-state index contributed by atoms with van der Waals surface area (Å²) in [7, 11) is 1.91. The van der Waals surface area contributed by atoms with Crippen molar-refractivity contribution in [3.63, 3.8) is 0 Å². The molecule has 1 aromatic heterocycles. The summed E-state index contributed by atoms with van der Waals surface area (Å²) >= 11 is 0. The van der Waals surface area contributed by atoms with E-state index in [1.54, 1.807) is 0 Å². The lowest BCUT2D eigenvalue weighted by Gasteiger charge is -2.35. The molecule has 1 aromatic carbocycles. The standard InChI is InChI=1S/C18H28N2OSi/c1-18(2,22(5,6)21)12-14-7-8-15-9-10-16(13-20(3)4)19-17(15)11-14/h7-11,21H,12-13H2,1-6H3. The topological polar surface area (TPSA) is 36.4 Å². The molecule has 0 saturated carbocycles. The molecule has 120 valence electrons. The number of nitrogens with zero attached hydrogens (tertiary/aromatic N) is 2. The van der Waals surface area contributed by atoms with Gasteiger partial charge in [0.1, 0.15) is 0 Å². The summed E-state index contributed by atoms with van der Waals surface area (Å²) in [5.74, 6) is 0. The smallest absolute Gasteiger partial charge is 0.188 e. The first kappa shape index (κ1) is 17.1. The van der Waals surface area contributed by atoms with Crippen molar-refractivity contribution in [2.75, 3.05) is 14.1 Å². The third-order valence-electron chi connectivity index (χ3n) is 4.59. The van der Waals surface area contributed by atoms with E-state index in [1.807, 2.05) is 13.1 Å². The van der Waals surface area contributed by atoms with E-state index in [2.05, 4.69) is 63.2 Å². The Hall–Kier alpha value is -1.23. The zero-order valence-electron chi connectivity index (χ0n) is 14.6. The van der Waals surface area contributed by atoms with E-state index in [0.717, 1.165) is 24.2 Å². The van der Waals surface area contributed by atoms with E-state index in [0.29, 0.717) is 0 Å². The largest absolute Gasteiger partial charge is 0.432 e. The molecular formula is C18H28N2OSi. The molecule has 0 radical (unpaired) electrons. The molecule has 22 heavy (non-hydrogen) atoms. The summed E-state index contributed by atoms with van der Waals surface area (Å²) < 4.78 is 0. The Labute approximate surface area is 135 Å². The zero-order chi connectivity index (χ0) is 16.5. The Bertz CT molecular complexity index is 660. The second kappa shape index (κ2) is 6.11. The highest BCUT2D eigenvalue weighted by atomic mass is 28.4. The van der Waals surface area contributed by atoms with Crippen LogP contribution in [0.3, 0.4) is 0 Å². The molecule has 1 N–H and O–H groups in total. The van der Waals surface area contributed by atoms with Gasteiger partial charge in [0.2, 0.25) is 0 Å². The van der Waals surface area contributed by atoms with Crippen molar-refractivity contribution in [3.8, 4) is 0 Å². The highest BCUT2D eigenvalue weighted by Crippen LogP contribution is 2.38. The van der Waals surface area contributed by atoms with Crippen LogP contribution in [0.5, 0.6) is 0 Å². The van der Waals surface area contributed by atoms with Crippen LogP contribution in [0, 0.1) is 0 Å². The van der Waals surface area contributed by atoms with E-state index in [9.17, 15) is 4.80 Å². The molecule has 3 nitrogen and oxygen atoms in total. The molecule has 0 amide bonds. The highest BCUT2D eigenvalue weighted by molar-refractivity contribution is 6.72. The highest BCUT2D eigenvalue weighted by Gasteiger charge is 2.37. The number of aromatic nitrogens is 1. The minimum absolute atomic E-state index is 0.0536. The molecule has 0 unspecified atom stereocenters. The first-order chi connectivity index (χ1) is 10.1. The minimum Gasteiger partial charge on any atom is -0.432 e. The molecule has 1 heterocycles. The number of benzene rings is 1. The Kier molecular flexibility index (Phi) is 4.75. The van der Waals surface area contributed by atoms with Gasteiger partial charge in [-0.2, -0.15) is 0 Å². The van der Waals surface area contributed by atoms with Gasteiger partial charge in [0, 0.05) is 11.9 Å². The molecule has 0 saturated heterocycles. The van der Waals surface area contributed by atoms with Gasteiger partial charge < -0.3 is 9.70 Å². The lowest BCUT2D eigenvalue weighted by molar-refractivity contribution is 0.397. The van der Waals surface area contributed by atoms with Crippen LogP contribution in [0.2, 0.25) is 18.1 Å². The van der Waals surface area contributed by atoms with Gasteiger partial charge in [-0.15, -0.1) is 0 Å². The van der Waals surface area contributed by atoms with Crippen molar-refractivity contribution in [2.24, 2.45) is 0 Å². The zero-order valence-corrected chi connectivity index (χ0v) is 15.6. The van der Waals surface area contributed by atoms with Gasteiger partial charge in [-0.25, -0.2) is 0 Å². The van der Waals surface area contributed by atoms with Gasteiger partial charge in [0.05, 0.1) is 11.2 Å². The van der Waals surface area contributed by atoms with Gasteiger partial charge in [-0.05, 0) is 56.3 Å². The predicted molar refractivity (Wildman–Crippen MR) is 96.6 cm³/mol. The molecule has 0 spiro atoms. The SMILES string of the molecule is CN(C)Cc1ccc2ccc(CC(C)(C)[Si](C)(C)O)cc2n1. The first-order valence-corrected chi connectivity index (χ1v) is 10.8. The first-order valence-electron chi connectivity index (χ1n) is 7.84. The molecule has 0 aliphatic rings. The van der Waals surface area contributed by atoms with Crippen LogP contribution in [-0.4, -0.2) is 37.1 Å². The van der Waals surface area contributed by atoms with Crippen molar-refractivity contribution < 1.29 is 4.80 Å². The van der Waals surface area contributed by atoms with Crippen molar-refractivity contribution in [1.29, 1.82) is 0 Å². The van der Waals surface area contributed by atoms with Crippen LogP contribution in [-0.2, 0) is 13.0 Å². The maximum Gasteiger partial charge on any atom is 0.188 e. The van der Waals surface area contributed by atoms with Gasteiger partial charge >= 0.3 is 0 Å². The van der Waals surface area contributed by atoms with Gasteiger partial charge in [-0.1, -0.05) is 32.0 Å². The monoisotopic (exact) mass is 316 g/mol. The van der Waals surface area contributed by atoms with Crippen LogP contribution >= 0.6 is 0 Å². The molecule has 0 bridgehead atoms. The maximum absolute atomic E-state index is 10.5. The second-order valence-electron chi connectivity index (χ2n) is 7.69. The van der Waals surface area contributed by atoms with E-state index < -0.39 is 8.32 Å². The summed E-state index contributed by atoms with van der Waals surface area (Å²) in [5, 5.41) is 1.12. The Morgan fingerprint density at radius 3 is 2.36 bits per heavy atom. The summed E-state index contributed by atoms with van der Waals surface area (Å²) in [6.45, 7) is 9.21. The normalized spacial score (nSPS) is 13.1. The Balaban J connectivity index is 2.33. The average molecular weight is 317 g/mol. The van der Waals surface area contributed by atoms with Crippen LogP contribution in [0.15, 0.2) is 30.3 Å². The van der Waals surface area contributed by atoms with E-state index in [4.69, 9.17) is 4.98 Å². The van der Waals surface area contributed by atoms with Crippen LogP contribution < -0.4 is 0 Å². The lowest BCUT2D eigenvalue weighted by Crippen LogP contribution is -2.40. The summed E-state index contributed by atoms with van der Waals surface area (Å²) in [6.07, 6.45) is 0.887. The van der Waals surface area contributed by atoms with Gasteiger partial charge in [0.25, 0.3) is 0 Å². The van der Waals surface area contributed by atoms with Crippen molar-refractivity contribution in [1.82, 2.24) is 9.88 Å². The summed E-state index contributed by atoms with van der Waals surface area (Å²) in [4.78, 5) is 17.4. The molecule has 0 atom stereocenters. The Morgan fingerprint density at radius 2 is 1.77 bits per heavy atom. The van der Waals surface area contributed by atoms with E-state index >= 15 is 0 Å². The molecule has 2 rings (SSSR count). The third-order valence-corrected chi connectivity index (χ3v) is 8.08. The van der Waals surface area contributed by atoms with Gasteiger partial charge in [0.15, 0.2) is 8.32 Å². The van der Waals surface area contributed by atoms with Crippen LogP contribution in [0.4, 0.5) is 0 Å². The fraction of sp³-hybridized carbons (Fsp3) is 0.500. The molecule has 2 aromatic rings. The van der Waals surface area contributed by atoms with Crippen molar-refractivity contribution >= 4 is 19.2 Å². The van der Waals surface area contributed by atoms with E-state index in [1.165, 1.54) is 10.9 Å². The fourth-order valence-electron chi connectivity index (χ4n) is 2.45. The minimum atomic E-state index is -2.19. The maximum atomic E-state index is 10.5. The second-order valence-corrected chi connectivity index (χ2v) is 12.2. The van der Waals surface area contributed by atoms with Gasteiger partial charge in [-0.3, -0.25) is 4.98 Å². The fourth-order valence-corrected chi connectivity index (χ4v) is 3.09. The quantitative estimate of drug-likeness (QED) is 0.852. The Morgan fingerprint density at radius 1 is 1.14 bits per heavy atom. The molecule has 0 aliphatic heterocycles. The van der Waals surface area contributed by atoms with E-state index in [-0.39, 0.29) is 5.04 Å². The number of fused-ring (bicyclic) bond motifs is 1. The summed E-state index contributed by atoms with van der Waals surface area (Å²) in [6, 6.07) is 10.7. The van der Waals surface area contributed by atoms with Crippen LogP contribution in [0.1, 0.15) is 25.1 Å². The average Bonchev–Trinajstić information content (AvgIpc) is 2.35. The van der Waals surface area contributed by atoms with Crippen LogP contribution in [0.25, 0.3) is 10.9 Å². The molecular weight excluding hydrogens is 288 g/mol. The number of pyridine rings is 1. The van der Waals surface area contributed by atoms with Crippen molar-refractivity contribution in [3.05, 3.63) is 41.6 Å². The summed E-state index contributed by atoms with van der Waals surface area (Å²) in [5.41, 5.74) is 3.39. The molecule has 4 heteroatoms. The third kappa shape index (κ3) is 3.94.